The second-order valence-electron chi connectivity index (χ2n) is 10.5. The van der Waals surface area contributed by atoms with Gasteiger partial charge in [-0.15, -0.1) is 0 Å². The Morgan fingerprint density at radius 1 is 1.19 bits per heavy atom. The van der Waals surface area contributed by atoms with Crippen molar-refractivity contribution >= 4 is 23.5 Å². The van der Waals surface area contributed by atoms with E-state index in [-0.39, 0.29) is 23.7 Å². The largest absolute Gasteiger partial charge is 0.460 e. The Morgan fingerprint density at radius 3 is 2.47 bits per heavy atom. The monoisotopic (exact) mass is 440 g/mol. The van der Waals surface area contributed by atoms with Crippen molar-refractivity contribution in [1.82, 2.24) is 5.32 Å². The van der Waals surface area contributed by atoms with E-state index in [2.05, 4.69) is 10.6 Å². The molecule has 0 saturated heterocycles. The summed E-state index contributed by atoms with van der Waals surface area (Å²) in [6.45, 7) is 9.60. The van der Waals surface area contributed by atoms with E-state index in [0.717, 1.165) is 11.3 Å². The lowest BCUT2D eigenvalue weighted by Crippen LogP contribution is -2.52. The molecule has 2 atom stereocenters. The number of allylic oxidation sites excluding steroid dienone is 2. The van der Waals surface area contributed by atoms with Crippen molar-refractivity contribution in [1.29, 1.82) is 0 Å². The molecule has 3 rings (SSSR count). The molecule has 0 radical (unpaired) electrons. The fourth-order valence-electron chi connectivity index (χ4n) is 4.62. The summed E-state index contributed by atoms with van der Waals surface area (Å²) in [5.41, 5.74) is 0.268. The van der Waals surface area contributed by atoms with Crippen LogP contribution in [0.25, 0.3) is 0 Å². The average Bonchev–Trinajstić information content (AvgIpc) is 3.14. The zero-order valence-electron chi connectivity index (χ0n) is 19.9. The van der Waals surface area contributed by atoms with Gasteiger partial charge in [-0.1, -0.05) is 44.2 Å². The Labute approximate surface area is 191 Å². The average molecular weight is 441 g/mol. The van der Waals surface area contributed by atoms with Gasteiger partial charge in [0.25, 0.3) is 0 Å². The molecular formula is C26H36N2O4. The zero-order valence-corrected chi connectivity index (χ0v) is 19.9. The Kier molecular flexibility index (Phi) is 7.11. The highest BCUT2D eigenvalue weighted by atomic mass is 16.6. The number of ether oxygens (including phenoxy) is 1. The highest BCUT2D eigenvalue weighted by Gasteiger charge is 2.51. The molecule has 6 nitrogen and oxygen atoms in total. The lowest BCUT2D eigenvalue weighted by atomic mass is 9.69. The van der Waals surface area contributed by atoms with Gasteiger partial charge in [0.2, 0.25) is 11.8 Å². The first-order valence-corrected chi connectivity index (χ1v) is 11.6. The summed E-state index contributed by atoms with van der Waals surface area (Å²) >= 11 is 0. The number of rotatable bonds is 6. The number of hydrogen-bond donors (Lipinski definition) is 2. The van der Waals surface area contributed by atoms with Gasteiger partial charge < -0.3 is 15.4 Å². The summed E-state index contributed by atoms with van der Waals surface area (Å²) in [5.74, 6) is -1.18. The Bertz CT molecular complexity index is 889. The molecule has 1 unspecified atom stereocenters. The van der Waals surface area contributed by atoms with Gasteiger partial charge in [-0.3, -0.25) is 14.4 Å². The highest BCUT2D eigenvalue weighted by molar-refractivity contribution is 5.99. The molecule has 2 N–H and O–H groups in total. The van der Waals surface area contributed by atoms with Crippen molar-refractivity contribution in [2.24, 2.45) is 17.3 Å². The summed E-state index contributed by atoms with van der Waals surface area (Å²) in [5, 5.41) is 5.91. The number of amides is 2. The van der Waals surface area contributed by atoms with E-state index in [1.165, 1.54) is 0 Å². The van der Waals surface area contributed by atoms with E-state index in [0.29, 0.717) is 32.1 Å². The lowest BCUT2D eigenvalue weighted by Gasteiger charge is -2.38. The van der Waals surface area contributed by atoms with Crippen molar-refractivity contribution in [3.05, 3.63) is 42.0 Å². The number of hydrogen-bond acceptors (Lipinski definition) is 4. The molecule has 1 aliphatic carbocycles. The summed E-state index contributed by atoms with van der Waals surface area (Å²) in [7, 11) is 0. The van der Waals surface area contributed by atoms with Gasteiger partial charge in [0.15, 0.2) is 0 Å². The predicted octanol–water partition coefficient (Wildman–Crippen LogP) is 4.40. The molecule has 1 aliphatic heterocycles. The molecule has 2 aliphatic rings. The molecule has 1 aromatic rings. The standard InChI is InChI=1S/C26H36N2O4/c1-17(2)16-19(26(14-8-9-15-26)24(31)32-25(3,4)5)22(29)28-21-13-12-18-10-6-7-11-20(18)27-23(21)30/h6-11,17,19,21H,12-16H2,1-5H3,(H,27,30)(H,28,29)/t19-,21?/m0/s1. The number of anilines is 1. The fourth-order valence-corrected chi connectivity index (χ4v) is 4.62. The van der Waals surface area contributed by atoms with E-state index < -0.39 is 23.0 Å². The minimum absolute atomic E-state index is 0.206. The maximum atomic E-state index is 13.6. The summed E-state index contributed by atoms with van der Waals surface area (Å²) in [6, 6.07) is 7.05. The van der Waals surface area contributed by atoms with Crippen LogP contribution in [0, 0.1) is 17.3 Å². The summed E-state index contributed by atoms with van der Waals surface area (Å²) in [4.78, 5) is 39.8. The number of para-hydroxylation sites is 1. The molecule has 0 saturated carbocycles. The number of aryl methyl sites for hydroxylation is 1. The second kappa shape index (κ2) is 9.47. The van der Waals surface area contributed by atoms with Crippen LogP contribution in [0.4, 0.5) is 5.69 Å². The topological polar surface area (TPSA) is 84.5 Å². The van der Waals surface area contributed by atoms with Gasteiger partial charge in [0.1, 0.15) is 11.6 Å². The first kappa shape index (κ1) is 24.0. The zero-order chi connectivity index (χ0) is 23.5. The normalized spacial score (nSPS) is 20.8. The van der Waals surface area contributed by atoms with Gasteiger partial charge in [0.05, 0.1) is 11.3 Å². The predicted molar refractivity (Wildman–Crippen MR) is 125 cm³/mol. The van der Waals surface area contributed by atoms with Crippen molar-refractivity contribution in [3.8, 4) is 0 Å². The van der Waals surface area contributed by atoms with Crippen LogP contribution in [0.2, 0.25) is 0 Å². The van der Waals surface area contributed by atoms with E-state index in [1.54, 1.807) is 0 Å². The minimum atomic E-state index is -0.939. The third kappa shape index (κ3) is 5.40. The van der Waals surface area contributed by atoms with Gasteiger partial charge in [-0.25, -0.2) is 0 Å². The number of esters is 1. The first-order valence-electron chi connectivity index (χ1n) is 11.6. The molecule has 2 amide bonds. The SMILES string of the molecule is CC(C)C[C@@H](C(=O)NC1CCc2ccccc2NC1=O)C1(C(=O)OC(C)(C)C)CC=CC1. The van der Waals surface area contributed by atoms with E-state index >= 15 is 0 Å². The molecule has 0 fully saturated rings. The van der Waals surface area contributed by atoms with Crippen LogP contribution in [0.15, 0.2) is 36.4 Å². The molecular weight excluding hydrogens is 404 g/mol. The maximum absolute atomic E-state index is 13.6. The molecule has 0 aromatic heterocycles. The van der Waals surface area contributed by atoms with Gasteiger partial charge in [-0.05, 0) is 70.4 Å². The van der Waals surface area contributed by atoms with Crippen LogP contribution in [0.3, 0.4) is 0 Å². The van der Waals surface area contributed by atoms with E-state index in [1.807, 2.05) is 71.0 Å². The lowest BCUT2D eigenvalue weighted by molar-refractivity contribution is -0.173. The third-order valence-electron chi connectivity index (χ3n) is 6.24. The number of fused-ring (bicyclic) bond motifs is 1. The molecule has 0 bridgehead atoms. The number of carbonyl (C=O) groups excluding carboxylic acids is 3. The van der Waals surface area contributed by atoms with Crippen molar-refractivity contribution < 1.29 is 19.1 Å². The molecule has 6 heteroatoms. The molecule has 32 heavy (non-hydrogen) atoms. The number of nitrogens with one attached hydrogen (secondary N) is 2. The van der Waals surface area contributed by atoms with Gasteiger partial charge in [0, 0.05) is 5.69 Å². The van der Waals surface area contributed by atoms with Crippen LogP contribution in [-0.4, -0.2) is 29.4 Å². The number of carbonyl (C=O) groups is 3. The van der Waals surface area contributed by atoms with Crippen molar-refractivity contribution in [3.63, 3.8) is 0 Å². The van der Waals surface area contributed by atoms with Crippen LogP contribution < -0.4 is 10.6 Å². The number of benzene rings is 1. The highest BCUT2D eigenvalue weighted by Crippen LogP contribution is 2.45. The van der Waals surface area contributed by atoms with Crippen molar-refractivity contribution in [2.45, 2.75) is 78.4 Å². The Hall–Kier alpha value is -2.63. The van der Waals surface area contributed by atoms with Crippen molar-refractivity contribution in [2.75, 3.05) is 5.32 Å². The Balaban J connectivity index is 1.83. The molecule has 0 spiro atoms. The maximum Gasteiger partial charge on any atom is 0.314 e. The van der Waals surface area contributed by atoms with Crippen LogP contribution in [0.5, 0.6) is 0 Å². The third-order valence-corrected chi connectivity index (χ3v) is 6.24. The fraction of sp³-hybridized carbons (Fsp3) is 0.577. The van der Waals surface area contributed by atoms with Crippen LogP contribution in [-0.2, 0) is 25.5 Å². The first-order chi connectivity index (χ1) is 15.0. The molecule has 1 aromatic carbocycles. The quantitative estimate of drug-likeness (QED) is 0.507. The van der Waals surface area contributed by atoms with Crippen LogP contribution >= 0.6 is 0 Å². The second-order valence-corrected chi connectivity index (χ2v) is 10.5. The van der Waals surface area contributed by atoms with Gasteiger partial charge >= 0.3 is 5.97 Å². The van der Waals surface area contributed by atoms with E-state index in [9.17, 15) is 14.4 Å². The smallest absolute Gasteiger partial charge is 0.314 e. The van der Waals surface area contributed by atoms with E-state index in [4.69, 9.17) is 4.74 Å². The molecule has 1 heterocycles. The molecule has 174 valence electrons. The Morgan fingerprint density at radius 2 is 1.84 bits per heavy atom. The summed E-state index contributed by atoms with van der Waals surface area (Å²) in [6.07, 6.45) is 6.60. The summed E-state index contributed by atoms with van der Waals surface area (Å²) < 4.78 is 5.77. The minimum Gasteiger partial charge on any atom is -0.460 e. The van der Waals surface area contributed by atoms with Gasteiger partial charge in [-0.2, -0.15) is 0 Å². The van der Waals surface area contributed by atoms with Crippen LogP contribution in [0.1, 0.15) is 65.9 Å².